The summed E-state index contributed by atoms with van der Waals surface area (Å²) in [5, 5.41) is 2.98. The molecule has 1 aliphatic rings. The van der Waals surface area contributed by atoms with Gasteiger partial charge in [-0.2, -0.15) is 16.7 Å². The average molecular weight is 252 g/mol. The lowest BCUT2D eigenvalue weighted by Crippen LogP contribution is -2.27. The van der Waals surface area contributed by atoms with Gasteiger partial charge in [-0.25, -0.2) is 4.98 Å². The van der Waals surface area contributed by atoms with Crippen LogP contribution in [0, 0.1) is 0 Å². The summed E-state index contributed by atoms with van der Waals surface area (Å²) in [6.45, 7) is 6.77. The van der Waals surface area contributed by atoms with E-state index < -0.39 is 0 Å². The fourth-order valence-electron chi connectivity index (χ4n) is 1.90. The Hall–Kier alpha value is -0.970. The first-order valence-corrected chi connectivity index (χ1v) is 6.99. The van der Waals surface area contributed by atoms with Crippen LogP contribution < -0.4 is 10.2 Å². The van der Waals surface area contributed by atoms with Gasteiger partial charge in [-0.15, -0.1) is 0 Å². The number of nitrogens with one attached hydrogen (secondary N) is 1. The smallest absolute Gasteiger partial charge is 0.224 e. The van der Waals surface area contributed by atoms with Crippen molar-refractivity contribution in [1.29, 1.82) is 0 Å². The van der Waals surface area contributed by atoms with Crippen LogP contribution in [0.3, 0.4) is 0 Å². The van der Waals surface area contributed by atoms with Crippen LogP contribution in [0.4, 0.5) is 11.8 Å². The van der Waals surface area contributed by atoms with E-state index in [9.17, 15) is 0 Å². The predicted octanol–water partition coefficient (Wildman–Crippen LogP) is 2.24. The second-order valence-corrected chi connectivity index (χ2v) is 6.64. The molecule has 2 rings (SSSR count). The second kappa shape index (κ2) is 5.12. The van der Waals surface area contributed by atoms with Crippen LogP contribution in [-0.4, -0.2) is 40.6 Å². The second-order valence-electron chi connectivity index (χ2n) is 4.83. The summed E-state index contributed by atoms with van der Waals surface area (Å²) in [5.74, 6) is 2.88. The summed E-state index contributed by atoms with van der Waals surface area (Å²) in [7, 11) is 1.85. The lowest BCUT2D eigenvalue weighted by molar-refractivity contribution is 0.635. The fraction of sp³-hybridized carbons (Fsp3) is 0.667. The minimum Gasteiger partial charge on any atom is -0.357 e. The van der Waals surface area contributed by atoms with Crippen molar-refractivity contribution >= 4 is 23.5 Å². The molecule has 0 saturated carbocycles. The molecule has 1 aliphatic heterocycles. The van der Waals surface area contributed by atoms with Crippen LogP contribution in [0.1, 0.15) is 20.3 Å². The van der Waals surface area contributed by atoms with Crippen LogP contribution in [0.2, 0.25) is 0 Å². The van der Waals surface area contributed by atoms with Crippen LogP contribution >= 0.6 is 11.8 Å². The number of rotatable bonds is 2. The molecular formula is C12H20N4S. The van der Waals surface area contributed by atoms with Crippen molar-refractivity contribution in [2.75, 3.05) is 36.1 Å². The maximum atomic E-state index is 4.50. The summed E-state index contributed by atoms with van der Waals surface area (Å²) in [6.07, 6.45) is 3.01. The normalized spacial score (nSPS) is 19.8. The highest BCUT2D eigenvalue weighted by Crippen LogP contribution is 2.31. The highest BCUT2D eigenvalue weighted by molar-refractivity contribution is 8.00. The SMILES string of the molecule is CNc1nccc(N2CCSC(C)(C)CC2)n1. The van der Waals surface area contributed by atoms with Gasteiger partial charge >= 0.3 is 0 Å². The van der Waals surface area contributed by atoms with E-state index in [1.54, 1.807) is 0 Å². The Morgan fingerprint density at radius 3 is 3.00 bits per heavy atom. The standard InChI is InChI=1S/C12H20N4S/c1-12(2)5-7-16(8-9-17-12)10-4-6-14-11(13-3)15-10/h4,6H,5,7-9H2,1-3H3,(H,13,14,15). The molecule has 1 saturated heterocycles. The van der Waals surface area contributed by atoms with Gasteiger partial charge in [0.15, 0.2) is 0 Å². The van der Waals surface area contributed by atoms with E-state index in [2.05, 4.69) is 34.0 Å². The van der Waals surface area contributed by atoms with Crippen molar-refractivity contribution in [1.82, 2.24) is 9.97 Å². The topological polar surface area (TPSA) is 41.1 Å². The van der Waals surface area contributed by atoms with Crippen molar-refractivity contribution in [3.05, 3.63) is 12.3 Å². The van der Waals surface area contributed by atoms with Crippen molar-refractivity contribution in [3.8, 4) is 0 Å². The van der Waals surface area contributed by atoms with Crippen molar-refractivity contribution in [2.45, 2.75) is 25.0 Å². The molecule has 0 aliphatic carbocycles. The Morgan fingerprint density at radius 2 is 2.24 bits per heavy atom. The maximum absolute atomic E-state index is 4.50. The third-order valence-electron chi connectivity index (χ3n) is 3.03. The third kappa shape index (κ3) is 3.25. The van der Waals surface area contributed by atoms with E-state index in [0.717, 1.165) is 24.7 Å². The van der Waals surface area contributed by atoms with Gasteiger partial charge in [-0.1, -0.05) is 13.8 Å². The Balaban J connectivity index is 2.11. The van der Waals surface area contributed by atoms with Crippen molar-refractivity contribution in [2.24, 2.45) is 0 Å². The van der Waals surface area contributed by atoms with Crippen molar-refractivity contribution in [3.63, 3.8) is 0 Å². The number of hydrogen-bond donors (Lipinski definition) is 1. The maximum Gasteiger partial charge on any atom is 0.224 e. The summed E-state index contributed by atoms with van der Waals surface area (Å²) in [6, 6.07) is 1.99. The number of aromatic nitrogens is 2. The monoisotopic (exact) mass is 252 g/mol. The van der Waals surface area contributed by atoms with E-state index in [1.807, 2.05) is 31.1 Å². The minimum absolute atomic E-state index is 0.383. The third-order valence-corrected chi connectivity index (χ3v) is 4.40. The molecule has 5 heteroatoms. The Kier molecular flexibility index (Phi) is 3.76. The van der Waals surface area contributed by atoms with E-state index >= 15 is 0 Å². The first-order valence-electron chi connectivity index (χ1n) is 6.00. The largest absolute Gasteiger partial charge is 0.357 e. The Labute approximate surface area is 107 Å². The highest BCUT2D eigenvalue weighted by Gasteiger charge is 2.24. The number of anilines is 2. The van der Waals surface area contributed by atoms with Gasteiger partial charge in [-0.3, -0.25) is 0 Å². The fourth-order valence-corrected chi connectivity index (χ4v) is 3.00. The summed E-state index contributed by atoms with van der Waals surface area (Å²) in [5.41, 5.74) is 0. The van der Waals surface area contributed by atoms with Crippen LogP contribution in [0.25, 0.3) is 0 Å². The molecular weight excluding hydrogens is 232 g/mol. The molecule has 0 aromatic carbocycles. The lowest BCUT2D eigenvalue weighted by atomic mass is 10.1. The molecule has 0 unspecified atom stereocenters. The van der Waals surface area contributed by atoms with E-state index in [0.29, 0.717) is 10.7 Å². The van der Waals surface area contributed by atoms with Crippen LogP contribution in [-0.2, 0) is 0 Å². The lowest BCUT2D eigenvalue weighted by Gasteiger charge is -2.23. The summed E-state index contributed by atoms with van der Waals surface area (Å²) in [4.78, 5) is 11.0. The molecule has 94 valence electrons. The van der Waals surface area contributed by atoms with Gasteiger partial charge < -0.3 is 10.2 Å². The number of thioether (sulfide) groups is 1. The number of hydrogen-bond acceptors (Lipinski definition) is 5. The van der Waals surface area contributed by atoms with E-state index in [1.165, 1.54) is 6.42 Å². The molecule has 2 heterocycles. The summed E-state index contributed by atoms with van der Waals surface area (Å²) >= 11 is 2.05. The zero-order valence-corrected chi connectivity index (χ0v) is 11.5. The molecule has 0 amide bonds. The van der Waals surface area contributed by atoms with E-state index in [-0.39, 0.29) is 0 Å². The van der Waals surface area contributed by atoms with Crippen LogP contribution in [0.5, 0.6) is 0 Å². The van der Waals surface area contributed by atoms with Gasteiger partial charge in [-0.05, 0) is 12.5 Å². The first-order chi connectivity index (χ1) is 8.11. The molecule has 1 N–H and O–H groups in total. The van der Waals surface area contributed by atoms with E-state index in [4.69, 9.17) is 0 Å². The van der Waals surface area contributed by atoms with Gasteiger partial charge in [0.1, 0.15) is 5.82 Å². The summed E-state index contributed by atoms with van der Waals surface area (Å²) < 4.78 is 0.383. The van der Waals surface area contributed by atoms with Gasteiger partial charge in [0.05, 0.1) is 0 Å². The molecule has 17 heavy (non-hydrogen) atoms. The zero-order valence-electron chi connectivity index (χ0n) is 10.7. The molecule has 0 atom stereocenters. The van der Waals surface area contributed by atoms with Crippen molar-refractivity contribution < 1.29 is 0 Å². The van der Waals surface area contributed by atoms with Gasteiger partial charge in [0, 0.05) is 36.8 Å². The minimum atomic E-state index is 0.383. The Morgan fingerprint density at radius 1 is 1.41 bits per heavy atom. The zero-order chi connectivity index (χ0) is 12.3. The first kappa shape index (κ1) is 12.5. The molecule has 1 aromatic heterocycles. The molecule has 4 nitrogen and oxygen atoms in total. The molecule has 0 spiro atoms. The predicted molar refractivity (Wildman–Crippen MR) is 74.9 cm³/mol. The number of nitrogens with zero attached hydrogens (tertiary/aromatic N) is 3. The molecule has 1 aromatic rings. The Bertz CT molecular complexity index is 381. The van der Waals surface area contributed by atoms with Gasteiger partial charge in [0.25, 0.3) is 0 Å². The van der Waals surface area contributed by atoms with Gasteiger partial charge in [0.2, 0.25) is 5.95 Å². The quantitative estimate of drug-likeness (QED) is 0.874. The molecule has 0 radical (unpaired) electrons. The molecule has 1 fully saturated rings. The van der Waals surface area contributed by atoms with Crippen LogP contribution in [0.15, 0.2) is 12.3 Å². The molecule has 0 bridgehead atoms. The highest BCUT2D eigenvalue weighted by atomic mass is 32.2. The average Bonchev–Trinajstić information content (AvgIpc) is 2.50.